The van der Waals surface area contributed by atoms with Crippen LogP contribution in [0.4, 0.5) is 11.4 Å². The molecule has 4 aromatic carbocycles. The van der Waals surface area contributed by atoms with Crippen LogP contribution in [-0.2, 0) is 17.8 Å². The van der Waals surface area contributed by atoms with Crippen LogP contribution in [0.3, 0.4) is 0 Å². The lowest BCUT2D eigenvalue weighted by atomic mass is 10.0. The number of aryl methyl sites for hydroxylation is 1. The van der Waals surface area contributed by atoms with Gasteiger partial charge in [0, 0.05) is 19.0 Å². The Morgan fingerprint density at radius 2 is 1.39 bits per heavy atom. The van der Waals surface area contributed by atoms with E-state index in [0.717, 1.165) is 22.4 Å². The molecule has 6 heteroatoms. The molecule has 0 atom stereocenters. The number of anilines is 2. The summed E-state index contributed by atoms with van der Waals surface area (Å²) in [7, 11) is 0. The van der Waals surface area contributed by atoms with Crippen molar-refractivity contribution in [1.29, 1.82) is 0 Å². The zero-order valence-corrected chi connectivity index (χ0v) is 19.8. The summed E-state index contributed by atoms with van der Waals surface area (Å²) in [5.41, 5.74) is 13.6. The number of benzene rings is 4. The highest BCUT2D eigenvalue weighted by Gasteiger charge is 2.10. The zero-order valence-electron chi connectivity index (χ0n) is 19.8. The number of amides is 1. The quantitative estimate of drug-likeness (QED) is 0.278. The standard InChI is InChI=1S/C30H27N5O/c31-28-17-15-26(24-9-5-2-6-10-24)19-29(28)32-30(36)18-16-27-21-35(34-33-27)20-22-11-13-25(14-12-22)23-7-3-1-4-8-23/h1-15,17,19,21H,16,18,20,31H2,(H,32,36). The first-order valence-electron chi connectivity index (χ1n) is 11.9. The molecule has 0 fully saturated rings. The van der Waals surface area contributed by atoms with Crippen molar-refractivity contribution in [3.8, 4) is 22.3 Å². The molecule has 0 aliphatic heterocycles. The van der Waals surface area contributed by atoms with E-state index in [-0.39, 0.29) is 5.91 Å². The number of nitrogens with two attached hydrogens (primary N) is 1. The van der Waals surface area contributed by atoms with E-state index in [9.17, 15) is 4.79 Å². The number of aromatic nitrogens is 3. The molecule has 1 amide bonds. The van der Waals surface area contributed by atoms with Crippen LogP contribution >= 0.6 is 0 Å². The number of nitrogens with one attached hydrogen (secondary N) is 1. The largest absolute Gasteiger partial charge is 0.397 e. The Labute approximate surface area is 210 Å². The summed E-state index contributed by atoms with van der Waals surface area (Å²) in [6.45, 7) is 0.622. The lowest BCUT2D eigenvalue weighted by molar-refractivity contribution is -0.116. The fourth-order valence-corrected chi connectivity index (χ4v) is 4.08. The van der Waals surface area contributed by atoms with E-state index >= 15 is 0 Å². The molecule has 0 radical (unpaired) electrons. The van der Waals surface area contributed by atoms with Crippen LogP contribution in [0.25, 0.3) is 22.3 Å². The van der Waals surface area contributed by atoms with Gasteiger partial charge >= 0.3 is 0 Å². The lowest BCUT2D eigenvalue weighted by Crippen LogP contribution is -2.13. The Balaban J connectivity index is 1.16. The Morgan fingerprint density at radius 3 is 2.08 bits per heavy atom. The Morgan fingerprint density at radius 1 is 0.778 bits per heavy atom. The van der Waals surface area contributed by atoms with E-state index in [0.29, 0.717) is 30.8 Å². The van der Waals surface area contributed by atoms with Crippen molar-refractivity contribution in [1.82, 2.24) is 15.0 Å². The number of carbonyl (C=O) groups excluding carboxylic acids is 1. The average molecular weight is 474 g/mol. The van der Waals surface area contributed by atoms with E-state index in [1.54, 1.807) is 4.68 Å². The van der Waals surface area contributed by atoms with E-state index in [1.165, 1.54) is 11.1 Å². The van der Waals surface area contributed by atoms with Gasteiger partial charge in [0.2, 0.25) is 5.91 Å². The maximum atomic E-state index is 12.6. The third kappa shape index (κ3) is 5.67. The van der Waals surface area contributed by atoms with Crippen LogP contribution in [0.15, 0.2) is 109 Å². The summed E-state index contributed by atoms with van der Waals surface area (Å²) >= 11 is 0. The van der Waals surface area contributed by atoms with Crippen LogP contribution in [0.5, 0.6) is 0 Å². The fourth-order valence-electron chi connectivity index (χ4n) is 4.08. The minimum absolute atomic E-state index is 0.113. The van der Waals surface area contributed by atoms with Crippen LogP contribution < -0.4 is 11.1 Å². The minimum Gasteiger partial charge on any atom is -0.397 e. The van der Waals surface area contributed by atoms with Crippen LogP contribution in [0.2, 0.25) is 0 Å². The van der Waals surface area contributed by atoms with E-state index in [1.807, 2.05) is 72.9 Å². The highest BCUT2D eigenvalue weighted by molar-refractivity contribution is 5.95. The van der Waals surface area contributed by atoms with Crippen LogP contribution in [-0.4, -0.2) is 20.9 Å². The molecule has 0 saturated carbocycles. The summed E-state index contributed by atoms with van der Waals surface area (Å²) in [4.78, 5) is 12.6. The molecule has 0 unspecified atom stereocenters. The molecule has 0 spiro atoms. The van der Waals surface area contributed by atoms with Crippen molar-refractivity contribution in [2.24, 2.45) is 0 Å². The molecule has 0 bridgehead atoms. The predicted octanol–water partition coefficient (Wildman–Crippen LogP) is 5.81. The second kappa shape index (κ2) is 10.7. The molecule has 1 heterocycles. The van der Waals surface area contributed by atoms with Crippen molar-refractivity contribution >= 4 is 17.3 Å². The van der Waals surface area contributed by atoms with Crippen molar-refractivity contribution in [2.45, 2.75) is 19.4 Å². The molecular weight excluding hydrogens is 446 g/mol. The number of rotatable bonds is 8. The van der Waals surface area contributed by atoms with Crippen LogP contribution in [0, 0.1) is 0 Å². The number of carbonyl (C=O) groups is 1. The monoisotopic (exact) mass is 473 g/mol. The first-order valence-corrected chi connectivity index (χ1v) is 11.9. The van der Waals surface area contributed by atoms with Crippen LogP contribution in [0.1, 0.15) is 17.7 Å². The SMILES string of the molecule is Nc1ccc(-c2ccccc2)cc1NC(=O)CCc1cn(Cc2ccc(-c3ccccc3)cc2)nn1. The van der Waals surface area contributed by atoms with Gasteiger partial charge in [0.25, 0.3) is 0 Å². The first kappa shape index (κ1) is 23.1. The van der Waals surface area contributed by atoms with Gasteiger partial charge in [-0.3, -0.25) is 4.79 Å². The van der Waals surface area contributed by atoms with Gasteiger partial charge in [-0.25, -0.2) is 4.68 Å². The Bertz CT molecular complexity index is 1440. The summed E-state index contributed by atoms with van der Waals surface area (Å²) in [5.74, 6) is -0.113. The number of nitrogens with zero attached hydrogens (tertiary/aromatic N) is 3. The van der Waals surface area contributed by atoms with Gasteiger partial charge in [0.1, 0.15) is 0 Å². The van der Waals surface area contributed by atoms with E-state index in [4.69, 9.17) is 5.73 Å². The smallest absolute Gasteiger partial charge is 0.224 e. The molecule has 1 aromatic heterocycles. The summed E-state index contributed by atoms with van der Waals surface area (Å²) in [5, 5.41) is 11.4. The Hall–Kier alpha value is -4.71. The third-order valence-corrected chi connectivity index (χ3v) is 6.03. The molecule has 0 aliphatic carbocycles. The summed E-state index contributed by atoms with van der Waals surface area (Å²) in [6, 6.07) is 34.4. The second-order valence-corrected chi connectivity index (χ2v) is 8.69. The van der Waals surface area contributed by atoms with Gasteiger partial charge in [-0.1, -0.05) is 96.2 Å². The van der Waals surface area contributed by atoms with Gasteiger partial charge < -0.3 is 11.1 Å². The summed E-state index contributed by atoms with van der Waals surface area (Å²) < 4.78 is 1.80. The molecule has 0 aliphatic rings. The highest BCUT2D eigenvalue weighted by Crippen LogP contribution is 2.27. The third-order valence-electron chi connectivity index (χ3n) is 6.03. The number of hydrogen-bond acceptors (Lipinski definition) is 4. The Kier molecular flexibility index (Phi) is 6.85. The van der Waals surface area contributed by atoms with Gasteiger partial charge in [0.05, 0.1) is 23.6 Å². The van der Waals surface area contributed by atoms with Crippen molar-refractivity contribution < 1.29 is 4.79 Å². The van der Waals surface area contributed by atoms with Gasteiger partial charge in [0.15, 0.2) is 0 Å². The zero-order chi connectivity index (χ0) is 24.7. The topological polar surface area (TPSA) is 85.8 Å². The van der Waals surface area contributed by atoms with Crippen molar-refractivity contribution in [2.75, 3.05) is 11.1 Å². The minimum atomic E-state index is -0.113. The molecule has 178 valence electrons. The number of hydrogen-bond donors (Lipinski definition) is 2. The van der Waals surface area contributed by atoms with E-state index in [2.05, 4.69) is 52.0 Å². The molecule has 0 saturated heterocycles. The maximum Gasteiger partial charge on any atom is 0.224 e. The van der Waals surface area contributed by atoms with E-state index < -0.39 is 0 Å². The van der Waals surface area contributed by atoms with Gasteiger partial charge in [-0.15, -0.1) is 5.10 Å². The molecule has 5 aromatic rings. The normalized spacial score (nSPS) is 10.8. The second-order valence-electron chi connectivity index (χ2n) is 8.69. The van der Waals surface area contributed by atoms with Gasteiger partial charge in [-0.05, 0) is 39.9 Å². The first-order chi connectivity index (χ1) is 17.6. The lowest BCUT2D eigenvalue weighted by Gasteiger charge is -2.10. The molecule has 3 N–H and O–H groups in total. The molecule has 6 nitrogen and oxygen atoms in total. The van der Waals surface area contributed by atoms with Crippen molar-refractivity contribution in [3.63, 3.8) is 0 Å². The highest BCUT2D eigenvalue weighted by atomic mass is 16.1. The molecule has 5 rings (SSSR count). The average Bonchev–Trinajstić information content (AvgIpc) is 3.37. The predicted molar refractivity (Wildman–Crippen MR) is 144 cm³/mol. The number of nitrogen functional groups attached to an aromatic ring is 1. The summed E-state index contributed by atoms with van der Waals surface area (Å²) in [6.07, 6.45) is 2.68. The fraction of sp³-hybridized carbons (Fsp3) is 0.100. The maximum absolute atomic E-state index is 12.6. The molecular formula is C30H27N5O. The molecule has 36 heavy (non-hydrogen) atoms. The van der Waals surface area contributed by atoms with Gasteiger partial charge in [-0.2, -0.15) is 0 Å². The van der Waals surface area contributed by atoms with Crippen molar-refractivity contribution in [3.05, 3.63) is 121 Å².